The number of aliphatic hydroxyl groups excluding tert-OH is 1. The molecule has 1 aromatic rings. The molecule has 1 aromatic carbocycles. The fourth-order valence-electron chi connectivity index (χ4n) is 1.37. The Balaban J connectivity index is 2.50. The zero-order valence-electron chi connectivity index (χ0n) is 10.3. The van der Waals surface area contributed by atoms with Crippen LogP contribution in [-0.2, 0) is 9.53 Å². The molecule has 0 heterocycles. The lowest BCUT2D eigenvalue weighted by Crippen LogP contribution is -2.39. The highest BCUT2D eigenvalue weighted by Gasteiger charge is 2.08. The van der Waals surface area contributed by atoms with Gasteiger partial charge in [-0.05, 0) is 23.8 Å². The summed E-state index contributed by atoms with van der Waals surface area (Å²) in [7, 11) is 1.51. The summed E-state index contributed by atoms with van der Waals surface area (Å²) in [5.41, 5.74) is 7.11. The Morgan fingerprint density at radius 2 is 2.17 bits per heavy atom. The summed E-state index contributed by atoms with van der Waals surface area (Å²) in [5, 5.41) is 11.6. The van der Waals surface area contributed by atoms with Gasteiger partial charge in [-0.15, -0.1) is 0 Å². The summed E-state index contributed by atoms with van der Waals surface area (Å²) >= 11 is 0. The molecule has 1 unspecified atom stereocenters. The summed E-state index contributed by atoms with van der Waals surface area (Å²) in [4.78, 5) is 11.5. The third-order valence-corrected chi connectivity index (χ3v) is 2.30. The molecule has 1 rings (SSSR count). The fourth-order valence-corrected chi connectivity index (χ4v) is 1.37. The van der Waals surface area contributed by atoms with E-state index in [1.807, 2.05) is 12.1 Å². The predicted molar refractivity (Wildman–Crippen MR) is 70.8 cm³/mol. The molecule has 1 amide bonds. The third-order valence-electron chi connectivity index (χ3n) is 2.30. The quantitative estimate of drug-likeness (QED) is 0.504. The zero-order chi connectivity index (χ0) is 13.4. The first-order valence-corrected chi connectivity index (χ1v) is 5.59. The molecule has 0 aliphatic carbocycles. The van der Waals surface area contributed by atoms with Crippen molar-refractivity contribution >= 4 is 17.7 Å². The van der Waals surface area contributed by atoms with Crippen molar-refractivity contribution in [3.05, 3.63) is 35.9 Å². The van der Waals surface area contributed by atoms with Crippen LogP contribution in [0.5, 0.6) is 0 Å². The lowest BCUT2D eigenvalue weighted by atomic mass is 10.2. The number of ether oxygens (including phenoxy) is 1. The van der Waals surface area contributed by atoms with Crippen LogP contribution in [-0.4, -0.2) is 37.4 Å². The Morgan fingerprint density at radius 1 is 1.50 bits per heavy atom. The van der Waals surface area contributed by atoms with Gasteiger partial charge in [0, 0.05) is 18.9 Å². The summed E-state index contributed by atoms with van der Waals surface area (Å²) in [6, 6.07) is 6.77. The highest BCUT2D eigenvalue weighted by atomic mass is 16.5. The molecule has 0 saturated heterocycles. The normalized spacial score (nSPS) is 12.6. The molecule has 0 spiro atoms. The smallest absolute Gasteiger partial charge is 0.244 e. The molecule has 0 fully saturated rings. The summed E-state index contributed by atoms with van der Waals surface area (Å²) in [6.45, 7) is 0.118. The topological polar surface area (TPSA) is 84.6 Å². The van der Waals surface area contributed by atoms with E-state index in [-0.39, 0.29) is 19.1 Å². The lowest BCUT2D eigenvalue weighted by molar-refractivity contribution is -0.117. The van der Waals surface area contributed by atoms with E-state index in [9.17, 15) is 4.79 Å². The van der Waals surface area contributed by atoms with Gasteiger partial charge in [-0.1, -0.05) is 12.1 Å². The maximum atomic E-state index is 11.5. The van der Waals surface area contributed by atoms with E-state index in [4.69, 9.17) is 15.6 Å². The average Bonchev–Trinajstić information content (AvgIpc) is 2.37. The largest absolute Gasteiger partial charge is 0.399 e. The van der Waals surface area contributed by atoms with E-state index >= 15 is 0 Å². The van der Waals surface area contributed by atoms with Gasteiger partial charge in [0.25, 0.3) is 0 Å². The SMILES string of the molecule is COCC(CO)NC(=O)/C=C/c1ccc(N)cc1. The van der Waals surface area contributed by atoms with Gasteiger partial charge in [-0.3, -0.25) is 4.79 Å². The van der Waals surface area contributed by atoms with Crippen LogP contribution in [0.3, 0.4) is 0 Å². The molecule has 0 bridgehead atoms. The highest BCUT2D eigenvalue weighted by Crippen LogP contribution is 2.06. The van der Waals surface area contributed by atoms with Gasteiger partial charge < -0.3 is 20.9 Å². The molecule has 0 aromatic heterocycles. The maximum absolute atomic E-state index is 11.5. The van der Waals surface area contributed by atoms with Crippen molar-refractivity contribution in [3.8, 4) is 0 Å². The lowest BCUT2D eigenvalue weighted by Gasteiger charge is -2.13. The van der Waals surface area contributed by atoms with Crippen LogP contribution in [0.4, 0.5) is 5.69 Å². The standard InChI is InChI=1S/C13H18N2O3/c1-18-9-12(8-16)15-13(17)7-4-10-2-5-11(14)6-3-10/h2-7,12,16H,8-9,14H2,1H3,(H,15,17)/b7-4+. The van der Waals surface area contributed by atoms with Crippen LogP contribution in [0.15, 0.2) is 30.3 Å². The fraction of sp³-hybridized carbons (Fsp3) is 0.308. The van der Waals surface area contributed by atoms with Crippen molar-refractivity contribution in [1.82, 2.24) is 5.32 Å². The maximum Gasteiger partial charge on any atom is 0.244 e. The predicted octanol–water partition coefficient (Wildman–Crippen LogP) is 0.405. The number of carbonyl (C=O) groups excluding carboxylic acids is 1. The van der Waals surface area contributed by atoms with Crippen LogP contribution in [0.1, 0.15) is 5.56 Å². The average molecular weight is 250 g/mol. The number of methoxy groups -OCH3 is 1. The van der Waals surface area contributed by atoms with Crippen LogP contribution in [0, 0.1) is 0 Å². The summed E-state index contributed by atoms with van der Waals surface area (Å²) in [5.74, 6) is -0.275. The van der Waals surface area contributed by atoms with E-state index in [1.165, 1.54) is 13.2 Å². The second kappa shape index (κ2) is 7.47. The number of anilines is 1. The van der Waals surface area contributed by atoms with Crippen molar-refractivity contribution in [3.63, 3.8) is 0 Å². The number of aliphatic hydroxyl groups is 1. The number of nitrogen functional groups attached to an aromatic ring is 1. The zero-order valence-corrected chi connectivity index (χ0v) is 10.3. The molecule has 0 aliphatic heterocycles. The number of nitrogens with two attached hydrogens (primary N) is 1. The first kappa shape index (κ1) is 14.2. The van der Waals surface area contributed by atoms with Crippen molar-refractivity contribution in [2.45, 2.75) is 6.04 Å². The molecule has 0 aliphatic rings. The molecule has 18 heavy (non-hydrogen) atoms. The van der Waals surface area contributed by atoms with Gasteiger partial charge in [-0.2, -0.15) is 0 Å². The molecule has 0 radical (unpaired) electrons. The van der Waals surface area contributed by atoms with E-state index in [2.05, 4.69) is 5.32 Å². The molecule has 4 N–H and O–H groups in total. The molecule has 98 valence electrons. The van der Waals surface area contributed by atoms with Crippen molar-refractivity contribution in [2.75, 3.05) is 26.1 Å². The molecular formula is C13H18N2O3. The van der Waals surface area contributed by atoms with Crippen LogP contribution in [0.25, 0.3) is 6.08 Å². The van der Waals surface area contributed by atoms with Gasteiger partial charge in [-0.25, -0.2) is 0 Å². The molecule has 0 saturated carbocycles. The molecule has 5 heteroatoms. The Labute approximate surface area is 106 Å². The third kappa shape index (κ3) is 4.99. The number of carbonyl (C=O) groups is 1. The van der Waals surface area contributed by atoms with Gasteiger partial charge in [0.15, 0.2) is 0 Å². The summed E-state index contributed by atoms with van der Waals surface area (Å²) in [6.07, 6.45) is 3.08. The van der Waals surface area contributed by atoms with Gasteiger partial charge >= 0.3 is 0 Å². The van der Waals surface area contributed by atoms with Gasteiger partial charge in [0.05, 0.1) is 19.3 Å². The van der Waals surface area contributed by atoms with Crippen molar-refractivity contribution in [2.24, 2.45) is 0 Å². The first-order valence-electron chi connectivity index (χ1n) is 5.59. The Bertz CT molecular complexity index is 401. The highest BCUT2D eigenvalue weighted by molar-refractivity contribution is 5.91. The number of hydrogen-bond acceptors (Lipinski definition) is 4. The minimum absolute atomic E-state index is 0.157. The van der Waals surface area contributed by atoms with E-state index in [1.54, 1.807) is 18.2 Å². The second-order valence-corrected chi connectivity index (χ2v) is 3.84. The number of benzene rings is 1. The molecule has 5 nitrogen and oxygen atoms in total. The minimum Gasteiger partial charge on any atom is -0.399 e. The van der Waals surface area contributed by atoms with E-state index < -0.39 is 6.04 Å². The number of hydrogen-bond donors (Lipinski definition) is 3. The van der Waals surface area contributed by atoms with Gasteiger partial charge in [0.1, 0.15) is 0 Å². The second-order valence-electron chi connectivity index (χ2n) is 3.84. The van der Waals surface area contributed by atoms with Crippen molar-refractivity contribution in [1.29, 1.82) is 0 Å². The summed E-state index contributed by atoms with van der Waals surface area (Å²) < 4.78 is 4.86. The van der Waals surface area contributed by atoms with E-state index in [0.29, 0.717) is 5.69 Å². The Morgan fingerprint density at radius 3 is 2.72 bits per heavy atom. The number of amides is 1. The van der Waals surface area contributed by atoms with Gasteiger partial charge in [0.2, 0.25) is 5.91 Å². The monoisotopic (exact) mass is 250 g/mol. The minimum atomic E-state index is -0.390. The van der Waals surface area contributed by atoms with Crippen LogP contribution in [0.2, 0.25) is 0 Å². The molecule has 1 atom stereocenters. The first-order chi connectivity index (χ1) is 8.65. The van der Waals surface area contributed by atoms with Crippen molar-refractivity contribution < 1.29 is 14.6 Å². The Hall–Kier alpha value is -1.85. The molecular weight excluding hydrogens is 232 g/mol. The van der Waals surface area contributed by atoms with E-state index in [0.717, 1.165) is 5.56 Å². The van der Waals surface area contributed by atoms with Crippen LogP contribution >= 0.6 is 0 Å². The van der Waals surface area contributed by atoms with Crippen LogP contribution < -0.4 is 11.1 Å². The number of nitrogens with one attached hydrogen (secondary N) is 1. The Kier molecular flexibility index (Phi) is 5.90. The number of rotatable bonds is 6.